The largest absolute Gasteiger partial charge is 0.356 e. The number of nitrogens with one attached hydrogen (secondary N) is 1. The minimum Gasteiger partial charge on any atom is -0.356 e. The highest BCUT2D eigenvalue weighted by Gasteiger charge is 2.25. The zero-order valence-electron chi connectivity index (χ0n) is 15.2. The van der Waals surface area contributed by atoms with Crippen LogP contribution in [0.4, 0.5) is 4.39 Å². The number of carbonyl (C=O) groups excluding carboxylic acids is 1. The molecule has 1 heterocycles. The molecular weight excluding hydrogens is 327 g/mol. The molecule has 1 fully saturated rings. The van der Waals surface area contributed by atoms with Crippen LogP contribution in [0.25, 0.3) is 0 Å². The highest BCUT2D eigenvalue weighted by Crippen LogP contribution is 2.19. The third kappa shape index (κ3) is 5.67. The predicted molar refractivity (Wildman–Crippen MR) is 102 cm³/mol. The van der Waals surface area contributed by atoms with Gasteiger partial charge in [-0.1, -0.05) is 42.5 Å². The van der Waals surface area contributed by atoms with Gasteiger partial charge in [0.15, 0.2) is 0 Å². The van der Waals surface area contributed by atoms with Crippen molar-refractivity contribution in [2.75, 3.05) is 19.6 Å². The Bertz CT molecular complexity index is 687. The molecule has 26 heavy (non-hydrogen) atoms. The first-order valence-corrected chi connectivity index (χ1v) is 9.49. The Labute approximate surface area is 155 Å². The summed E-state index contributed by atoms with van der Waals surface area (Å²) >= 11 is 0. The predicted octanol–water partition coefficient (Wildman–Crippen LogP) is 3.79. The second kappa shape index (κ2) is 9.48. The monoisotopic (exact) mass is 354 g/mol. The van der Waals surface area contributed by atoms with E-state index in [1.54, 1.807) is 0 Å². The van der Waals surface area contributed by atoms with Crippen LogP contribution in [0.15, 0.2) is 54.6 Å². The average Bonchev–Trinajstić information content (AvgIpc) is 2.68. The SMILES string of the molecule is O=C(NCCCc1ccccc1)[C@H]1CCCN(Cc2ccc(F)cc2)C1. The van der Waals surface area contributed by atoms with Gasteiger partial charge < -0.3 is 5.32 Å². The van der Waals surface area contributed by atoms with Crippen LogP contribution in [0, 0.1) is 11.7 Å². The standard InChI is InChI=1S/C22H27FN2O/c23-21-12-10-19(11-13-21)16-25-15-5-9-20(17-25)22(26)24-14-4-8-18-6-2-1-3-7-18/h1-3,6-7,10-13,20H,4-5,8-9,14-17H2,(H,24,26)/t20-/m0/s1. The molecule has 138 valence electrons. The number of halogens is 1. The van der Waals surface area contributed by atoms with Crippen molar-refractivity contribution in [2.24, 2.45) is 5.92 Å². The van der Waals surface area contributed by atoms with E-state index in [-0.39, 0.29) is 17.6 Å². The van der Waals surface area contributed by atoms with Gasteiger partial charge >= 0.3 is 0 Å². The Morgan fingerprint density at radius 2 is 1.85 bits per heavy atom. The third-order valence-corrected chi connectivity index (χ3v) is 4.98. The lowest BCUT2D eigenvalue weighted by atomic mass is 9.96. The Hall–Kier alpha value is -2.20. The van der Waals surface area contributed by atoms with Gasteiger partial charge in [0.1, 0.15) is 5.82 Å². The van der Waals surface area contributed by atoms with E-state index in [0.29, 0.717) is 0 Å². The van der Waals surface area contributed by atoms with Gasteiger partial charge in [-0.2, -0.15) is 0 Å². The van der Waals surface area contributed by atoms with Crippen molar-refractivity contribution < 1.29 is 9.18 Å². The fraction of sp³-hybridized carbons (Fsp3) is 0.409. The average molecular weight is 354 g/mol. The van der Waals surface area contributed by atoms with E-state index < -0.39 is 0 Å². The number of hydrogen-bond donors (Lipinski definition) is 1. The van der Waals surface area contributed by atoms with Gasteiger partial charge in [-0.05, 0) is 55.5 Å². The van der Waals surface area contributed by atoms with E-state index >= 15 is 0 Å². The lowest BCUT2D eigenvalue weighted by molar-refractivity contribution is -0.126. The van der Waals surface area contributed by atoms with Crippen molar-refractivity contribution in [3.05, 3.63) is 71.5 Å². The first-order valence-electron chi connectivity index (χ1n) is 9.49. The smallest absolute Gasteiger partial charge is 0.224 e. The first-order chi connectivity index (χ1) is 12.7. The molecule has 1 amide bonds. The second-order valence-electron chi connectivity index (χ2n) is 7.08. The fourth-order valence-corrected chi connectivity index (χ4v) is 3.55. The van der Waals surface area contributed by atoms with Crippen LogP contribution >= 0.6 is 0 Å². The van der Waals surface area contributed by atoms with E-state index in [1.807, 2.05) is 30.3 Å². The summed E-state index contributed by atoms with van der Waals surface area (Å²) in [6.07, 6.45) is 3.93. The number of likely N-dealkylation sites (tertiary alicyclic amines) is 1. The number of aryl methyl sites for hydroxylation is 1. The van der Waals surface area contributed by atoms with Crippen LogP contribution in [0.5, 0.6) is 0 Å². The zero-order valence-corrected chi connectivity index (χ0v) is 15.2. The molecule has 0 radical (unpaired) electrons. The molecule has 0 unspecified atom stereocenters. The summed E-state index contributed by atoms with van der Waals surface area (Å²) in [7, 11) is 0. The quantitative estimate of drug-likeness (QED) is 0.768. The number of benzene rings is 2. The van der Waals surface area contributed by atoms with Gasteiger partial charge in [-0.25, -0.2) is 4.39 Å². The molecule has 0 saturated carbocycles. The van der Waals surface area contributed by atoms with E-state index in [2.05, 4.69) is 22.3 Å². The van der Waals surface area contributed by atoms with Gasteiger partial charge in [-0.3, -0.25) is 9.69 Å². The second-order valence-corrected chi connectivity index (χ2v) is 7.08. The Kier molecular flexibility index (Phi) is 6.78. The highest BCUT2D eigenvalue weighted by atomic mass is 19.1. The molecule has 1 aliphatic rings. The van der Waals surface area contributed by atoms with Gasteiger partial charge in [-0.15, -0.1) is 0 Å². The summed E-state index contributed by atoms with van der Waals surface area (Å²) in [5, 5.41) is 3.10. The maximum absolute atomic E-state index is 13.0. The van der Waals surface area contributed by atoms with Crippen molar-refractivity contribution in [1.29, 1.82) is 0 Å². The number of nitrogens with zero attached hydrogens (tertiary/aromatic N) is 1. The molecule has 1 saturated heterocycles. The van der Waals surface area contributed by atoms with Gasteiger partial charge in [0, 0.05) is 19.6 Å². The van der Waals surface area contributed by atoms with Crippen LogP contribution in [0.2, 0.25) is 0 Å². The van der Waals surface area contributed by atoms with Crippen LogP contribution < -0.4 is 5.32 Å². The van der Waals surface area contributed by atoms with E-state index in [4.69, 9.17) is 0 Å². The number of piperidine rings is 1. The minimum atomic E-state index is -0.208. The molecule has 0 aromatic heterocycles. The molecule has 0 aliphatic carbocycles. The van der Waals surface area contributed by atoms with Crippen LogP contribution in [-0.4, -0.2) is 30.4 Å². The van der Waals surface area contributed by atoms with Gasteiger partial charge in [0.25, 0.3) is 0 Å². The minimum absolute atomic E-state index is 0.0564. The topological polar surface area (TPSA) is 32.3 Å². The van der Waals surface area contributed by atoms with E-state index in [1.165, 1.54) is 17.7 Å². The number of hydrogen-bond acceptors (Lipinski definition) is 2. The number of amides is 1. The molecule has 4 heteroatoms. The number of carbonyl (C=O) groups is 1. The van der Waals surface area contributed by atoms with Crippen molar-refractivity contribution in [1.82, 2.24) is 10.2 Å². The first kappa shape index (κ1) is 18.6. The summed E-state index contributed by atoms with van der Waals surface area (Å²) in [6, 6.07) is 17.0. The van der Waals surface area contributed by atoms with Crippen LogP contribution in [0.3, 0.4) is 0 Å². The summed E-state index contributed by atoms with van der Waals surface area (Å²) in [6.45, 7) is 3.28. The maximum Gasteiger partial charge on any atom is 0.224 e. The highest BCUT2D eigenvalue weighted by molar-refractivity contribution is 5.78. The van der Waals surface area contributed by atoms with Gasteiger partial charge in [0.2, 0.25) is 5.91 Å². The van der Waals surface area contributed by atoms with Crippen molar-refractivity contribution in [3.8, 4) is 0 Å². The molecule has 2 aromatic rings. The molecular formula is C22H27FN2O. The Balaban J connectivity index is 1.40. The zero-order chi connectivity index (χ0) is 18.2. The molecule has 1 aliphatic heterocycles. The molecule has 0 bridgehead atoms. The summed E-state index contributed by atoms with van der Waals surface area (Å²) in [5.74, 6) is 0.0166. The Morgan fingerprint density at radius 1 is 1.08 bits per heavy atom. The summed E-state index contributed by atoms with van der Waals surface area (Å²) in [5.41, 5.74) is 2.40. The normalized spacial score (nSPS) is 17.8. The maximum atomic E-state index is 13.0. The van der Waals surface area contributed by atoms with Crippen molar-refractivity contribution >= 4 is 5.91 Å². The third-order valence-electron chi connectivity index (χ3n) is 4.98. The molecule has 3 rings (SSSR count). The molecule has 1 atom stereocenters. The van der Waals surface area contributed by atoms with E-state index in [0.717, 1.165) is 57.4 Å². The number of rotatable bonds is 7. The Morgan fingerprint density at radius 3 is 2.62 bits per heavy atom. The van der Waals surface area contributed by atoms with Crippen molar-refractivity contribution in [2.45, 2.75) is 32.2 Å². The van der Waals surface area contributed by atoms with Crippen LogP contribution in [0.1, 0.15) is 30.4 Å². The molecule has 3 nitrogen and oxygen atoms in total. The fourth-order valence-electron chi connectivity index (χ4n) is 3.55. The van der Waals surface area contributed by atoms with Crippen LogP contribution in [-0.2, 0) is 17.8 Å². The molecule has 2 aromatic carbocycles. The van der Waals surface area contributed by atoms with Gasteiger partial charge in [0.05, 0.1) is 5.92 Å². The molecule has 0 spiro atoms. The van der Waals surface area contributed by atoms with Crippen molar-refractivity contribution in [3.63, 3.8) is 0 Å². The lowest BCUT2D eigenvalue weighted by Gasteiger charge is -2.32. The lowest BCUT2D eigenvalue weighted by Crippen LogP contribution is -2.42. The summed E-state index contributed by atoms with van der Waals surface area (Å²) < 4.78 is 13.0. The van der Waals surface area contributed by atoms with E-state index in [9.17, 15) is 9.18 Å². The molecule has 1 N–H and O–H groups in total. The summed E-state index contributed by atoms with van der Waals surface area (Å²) in [4.78, 5) is 14.8.